The summed E-state index contributed by atoms with van der Waals surface area (Å²) in [6.07, 6.45) is 6.38. The Morgan fingerprint density at radius 1 is 1.33 bits per heavy atom. The van der Waals surface area contributed by atoms with Gasteiger partial charge in [-0.1, -0.05) is 12.8 Å². The van der Waals surface area contributed by atoms with Gasteiger partial charge in [0.05, 0.1) is 19.3 Å². The molecule has 1 saturated heterocycles. The molecular weight excluding hydrogens is 274 g/mol. The van der Waals surface area contributed by atoms with Crippen molar-refractivity contribution in [3.63, 3.8) is 0 Å². The molecule has 0 radical (unpaired) electrons. The summed E-state index contributed by atoms with van der Waals surface area (Å²) < 4.78 is 6.99. The molecule has 1 amide bonds. The maximum Gasteiger partial charge on any atom is 0.328 e. The van der Waals surface area contributed by atoms with Gasteiger partial charge >= 0.3 is 5.97 Å². The maximum atomic E-state index is 12.5. The highest BCUT2D eigenvalue weighted by atomic mass is 16.5. The van der Waals surface area contributed by atoms with Gasteiger partial charge in [-0.2, -0.15) is 5.10 Å². The molecule has 0 aromatic carbocycles. The molecule has 2 heterocycles. The van der Waals surface area contributed by atoms with Gasteiger partial charge in [-0.15, -0.1) is 0 Å². The van der Waals surface area contributed by atoms with E-state index in [0.717, 1.165) is 12.8 Å². The molecule has 1 aromatic rings. The van der Waals surface area contributed by atoms with Crippen molar-refractivity contribution in [1.29, 1.82) is 0 Å². The quantitative estimate of drug-likeness (QED) is 0.896. The molecule has 7 nitrogen and oxygen atoms in total. The van der Waals surface area contributed by atoms with E-state index in [0.29, 0.717) is 18.3 Å². The third-order valence-corrected chi connectivity index (χ3v) is 4.20. The summed E-state index contributed by atoms with van der Waals surface area (Å²) >= 11 is 0. The van der Waals surface area contributed by atoms with Crippen LogP contribution in [-0.4, -0.2) is 57.5 Å². The van der Waals surface area contributed by atoms with E-state index in [1.54, 1.807) is 6.07 Å². The molecule has 0 unspecified atom stereocenters. The second kappa shape index (κ2) is 5.85. The Hall–Kier alpha value is -1.89. The summed E-state index contributed by atoms with van der Waals surface area (Å²) in [4.78, 5) is 25.0. The zero-order chi connectivity index (χ0) is 14.8. The van der Waals surface area contributed by atoms with Gasteiger partial charge in [0.2, 0.25) is 0 Å². The lowest BCUT2D eigenvalue weighted by Gasteiger charge is -2.32. The van der Waals surface area contributed by atoms with Crippen molar-refractivity contribution >= 4 is 11.9 Å². The first-order valence-corrected chi connectivity index (χ1v) is 7.33. The predicted molar refractivity (Wildman–Crippen MR) is 73.0 cm³/mol. The van der Waals surface area contributed by atoms with E-state index in [1.807, 2.05) is 10.9 Å². The molecule has 7 heteroatoms. The molecule has 1 aromatic heterocycles. The molecule has 1 aliphatic carbocycles. The molecule has 1 N–H and O–H groups in total. The van der Waals surface area contributed by atoms with Crippen LogP contribution in [0, 0.1) is 0 Å². The Labute approximate surface area is 122 Å². The largest absolute Gasteiger partial charge is 0.480 e. The number of rotatable bonds is 3. The van der Waals surface area contributed by atoms with Gasteiger partial charge in [0.15, 0.2) is 6.04 Å². The van der Waals surface area contributed by atoms with Crippen LogP contribution in [0.4, 0.5) is 0 Å². The zero-order valence-corrected chi connectivity index (χ0v) is 11.8. The van der Waals surface area contributed by atoms with Crippen molar-refractivity contribution in [2.75, 3.05) is 19.8 Å². The van der Waals surface area contributed by atoms with E-state index in [4.69, 9.17) is 4.74 Å². The summed E-state index contributed by atoms with van der Waals surface area (Å²) in [6.45, 7) is 0.676. The fourth-order valence-electron chi connectivity index (χ4n) is 3.02. The van der Waals surface area contributed by atoms with Gasteiger partial charge in [-0.05, 0) is 18.9 Å². The average molecular weight is 293 g/mol. The van der Waals surface area contributed by atoms with Crippen LogP contribution in [0.15, 0.2) is 12.3 Å². The number of nitrogens with zero attached hydrogens (tertiary/aromatic N) is 3. The third-order valence-electron chi connectivity index (χ3n) is 4.20. The SMILES string of the molecule is O=C(O)[C@H]1COCCN1C(=O)c1ccn(C2CCCC2)n1. The first-order valence-electron chi connectivity index (χ1n) is 7.33. The van der Waals surface area contributed by atoms with Crippen molar-refractivity contribution in [1.82, 2.24) is 14.7 Å². The molecular formula is C14H19N3O4. The van der Waals surface area contributed by atoms with E-state index in [2.05, 4.69) is 5.10 Å². The fourth-order valence-corrected chi connectivity index (χ4v) is 3.02. The van der Waals surface area contributed by atoms with Gasteiger partial charge in [0, 0.05) is 12.7 Å². The molecule has 0 spiro atoms. The van der Waals surface area contributed by atoms with E-state index >= 15 is 0 Å². The van der Waals surface area contributed by atoms with Gasteiger partial charge < -0.3 is 14.7 Å². The van der Waals surface area contributed by atoms with Gasteiger partial charge in [0.25, 0.3) is 5.91 Å². The minimum atomic E-state index is -1.04. The molecule has 114 valence electrons. The smallest absolute Gasteiger partial charge is 0.328 e. The second-order valence-electron chi connectivity index (χ2n) is 5.55. The topological polar surface area (TPSA) is 84.7 Å². The minimum Gasteiger partial charge on any atom is -0.480 e. The maximum absolute atomic E-state index is 12.5. The second-order valence-corrected chi connectivity index (χ2v) is 5.55. The number of carbonyl (C=O) groups excluding carboxylic acids is 1. The Kier molecular flexibility index (Phi) is 3.92. The monoisotopic (exact) mass is 293 g/mol. The van der Waals surface area contributed by atoms with Crippen molar-refractivity contribution < 1.29 is 19.4 Å². The molecule has 2 aliphatic rings. The highest BCUT2D eigenvalue weighted by Gasteiger charge is 2.34. The first-order chi connectivity index (χ1) is 10.2. The molecule has 0 bridgehead atoms. The van der Waals surface area contributed by atoms with E-state index in [-0.39, 0.29) is 19.1 Å². The lowest BCUT2D eigenvalue weighted by Crippen LogP contribution is -2.52. The van der Waals surface area contributed by atoms with Crippen LogP contribution < -0.4 is 0 Å². The van der Waals surface area contributed by atoms with Crippen LogP contribution in [0.25, 0.3) is 0 Å². The third kappa shape index (κ3) is 2.78. The molecule has 1 saturated carbocycles. The average Bonchev–Trinajstić information content (AvgIpc) is 3.17. The van der Waals surface area contributed by atoms with Crippen molar-refractivity contribution in [2.45, 2.75) is 37.8 Å². The van der Waals surface area contributed by atoms with E-state index in [9.17, 15) is 14.7 Å². The standard InChI is InChI=1S/C14H19N3O4/c18-13(16-7-8-21-9-12(16)14(19)20)11-5-6-17(15-11)10-3-1-2-4-10/h5-6,10,12H,1-4,7-9H2,(H,19,20)/t12-/m1/s1. The number of hydrogen-bond acceptors (Lipinski definition) is 4. The Morgan fingerprint density at radius 3 is 2.81 bits per heavy atom. The summed E-state index contributed by atoms with van der Waals surface area (Å²) in [5.41, 5.74) is 0.315. The minimum absolute atomic E-state index is 0.0321. The number of amides is 1. The first kappa shape index (κ1) is 14.1. The van der Waals surface area contributed by atoms with Gasteiger partial charge in [-0.25, -0.2) is 4.79 Å². The predicted octanol–water partition coefficient (Wildman–Crippen LogP) is 0.924. The molecule has 1 atom stereocenters. The van der Waals surface area contributed by atoms with Crippen LogP contribution >= 0.6 is 0 Å². The highest BCUT2D eigenvalue weighted by molar-refractivity contribution is 5.95. The number of ether oxygens (including phenoxy) is 1. The van der Waals surface area contributed by atoms with Crippen LogP contribution in [0.5, 0.6) is 0 Å². The van der Waals surface area contributed by atoms with Crippen LogP contribution in [-0.2, 0) is 9.53 Å². The Bertz CT molecular complexity index is 536. The summed E-state index contributed by atoms with van der Waals surface area (Å²) in [6, 6.07) is 1.11. The Balaban J connectivity index is 1.76. The normalized spacial score (nSPS) is 23.4. The molecule has 3 rings (SSSR count). The van der Waals surface area contributed by atoms with Crippen molar-refractivity contribution in [3.05, 3.63) is 18.0 Å². The number of carboxylic acids is 1. The summed E-state index contributed by atoms with van der Waals surface area (Å²) in [5, 5.41) is 13.5. The number of carbonyl (C=O) groups is 2. The molecule has 1 aliphatic heterocycles. The number of aliphatic carboxylic acids is 1. The number of carboxylic acid groups (broad SMARTS) is 1. The van der Waals surface area contributed by atoms with E-state index in [1.165, 1.54) is 17.7 Å². The van der Waals surface area contributed by atoms with Crippen molar-refractivity contribution in [2.24, 2.45) is 0 Å². The van der Waals surface area contributed by atoms with Crippen molar-refractivity contribution in [3.8, 4) is 0 Å². The van der Waals surface area contributed by atoms with Crippen LogP contribution in [0.1, 0.15) is 42.2 Å². The number of aromatic nitrogens is 2. The van der Waals surface area contributed by atoms with Crippen LogP contribution in [0.2, 0.25) is 0 Å². The lowest BCUT2D eigenvalue weighted by molar-refractivity contribution is -0.147. The lowest BCUT2D eigenvalue weighted by atomic mass is 10.2. The number of hydrogen-bond donors (Lipinski definition) is 1. The number of morpholine rings is 1. The zero-order valence-electron chi connectivity index (χ0n) is 11.8. The van der Waals surface area contributed by atoms with E-state index < -0.39 is 12.0 Å². The van der Waals surface area contributed by atoms with Crippen LogP contribution in [0.3, 0.4) is 0 Å². The van der Waals surface area contributed by atoms with Gasteiger partial charge in [-0.3, -0.25) is 9.48 Å². The highest BCUT2D eigenvalue weighted by Crippen LogP contribution is 2.28. The fraction of sp³-hybridized carbons (Fsp3) is 0.643. The molecule has 2 fully saturated rings. The summed E-state index contributed by atoms with van der Waals surface area (Å²) in [7, 11) is 0. The van der Waals surface area contributed by atoms with Gasteiger partial charge in [0.1, 0.15) is 5.69 Å². The summed E-state index contributed by atoms with van der Waals surface area (Å²) in [5.74, 6) is -1.37. The molecule has 21 heavy (non-hydrogen) atoms. The Morgan fingerprint density at radius 2 is 2.10 bits per heavy atom.